The molecule has 0 aliphatic carbocycles. The highest BCUT2D eigenvalue weighted by molar-refractivity contribution is 7.14. The fraction of sp³-hybridized carbons (Fsp3) is 0.273. The summed E-state index contributed by atoms with van der Waals surface area (Å²) < 4.78 is 1.28. The molecule has 0 saturated carbocycles. The lowest BCUT2D eigenvalue weighted by Crippen LogP contribution is -2.09. The van der Waals surface area contributed by atoms with Gasteiger partial charge in [0, 0.05) is 4.88 Å². The molecule has 6 nitrogen and oxygen atoms in total. The molecule has 2 rings (SSSR count). The van der Waals surface area contributed by atoms with Gasteiger partial charge in [-0.05, 0) is 18.6 Å². The Morgan fingerprint density at radius 2 is 2.33 bits per heavy atom. The number of rotatable bonds is 5. The Balaban J connectivity index is 2.08. The lowest BCUT2D eigenvalue weighted by atomic mass is 10.3. The molecule has 94 valence electrons. The van der Waals surface area contributed by atoms with Crippen LogP contribution in [-0.4, -0.2) is 20.5 Å². The van der Waals surface area contributed by atoms with Crippen molar-refractivity contribution in [2.45, 2.75) is 19.9 Å². The first-order chi connectivity index (χ1) is 8.60. The first-order valence-corrected chi connectivity index (χ1v) is 6.20. The van der Waals surface area contributed by atoms with Crippen molar-refractivity contribution in [3.05, 3.63) is 44.4 Å². The van der Waals surface area contributed by atoms with E-state index in [1.54, 1.807) is 6.07 Å². The van der Waals surface area contributed by atoms with Crippen molar-refractivity contribution in [2.75, 3.05) is 0 Å². The SMILES string of the molecule is CCc1ccc(C(=O)Cn2cc([N+](=O)[O-])cn2)s1. The zero-order valence-corrected chi connectivity index (χ0v) is 10.5. The van der Waals surface area contributed by atoms with Crippen LogP contribution in [-0.2, 0) is 13.0 Å². The number of hydrogen-bond donors (Lipinski definition) is 0. The summed E-state index contributed by atoms with van der Waals surface area (Å²) in [6.45, 7) is 2.05. The molecule has 2 aromatic heterocycles. The molecule has 0 amide bonds. The molecular weight excluding hydrogens is 254 g/mol. The molecule has 0 unspecified atom stereocenters. The number of carbonyl (C=O) groups is 1. The van der Waals surface area contributed by atoms with Crippen LogP contribution < -0.4 is 0 Å². The number of thiophene rings is 1. The molecule has 0 aromatic carbocycles. The first kappa shape index (κ1) is 12.4. The summed E-state index contributed by atoms with van der Waals surface area (Å²) >= 11 is 1.45. The highest BCUT2D eigenvalue weighted by Gasteiger charge is 2.13. The van der Waals surface area contributed by atoms with E-state index in [0.29, 0.717) is 4.88 Å². The van der Waals surface area contributed by atoms with Gasteiger partial charge in [0.05, 0.1) is 9.80 Å². The second-order valence-corrected chi connectivity index (χ2v) is 4.86. The molecule has 0 N–H and O–H groups in total. The van der Waals surface area contributed by atoms with Crippen molar-refractivity contribution >= 4 is 22.8 Å². The number of hydrogen-bond acceptors (Lipinski definition) is 5. The minimum Gasteiger partial charge on any atom is -0.291 e. The molecule has 2 aromatic rings. The van der Waals surface area contributed by atoms with Crippen molar-refractivity contribution < 1.29 is 9.72 Å². The van der Waals surface area contributed by atoms with Gasteiger partial charge in [-0.3, -0.25) is 19.6 Å². The van der Waals surface area contributed by atoms with Gasteiger partial charge in [-0.1, -0.05) is 6.92 Å². The van der Waals surface area contributed by atoms with Gasteiger partial charge in [0.1, 0.15) is 18.9 Å². The summed E-state index contributed by atoms with van der Waals surface area (Å²) in [7, 11) is 0. The predicted octanol–water partition coefficient (Wildman–Crippen LogP) is 2.30. The van der Waals surface area contributed by atoms with Gasteiger partial charge in [0.25, 0.3) is 0 Å². The Labute approximate surface area is 107 Å². The van der Waals surface area contributed by atoms with E-state index in [2.05, 4.69) is 5.10 Å². The van der Waals surface area contributed by atoms with Crippen LogP contribution in [0.2, 0.25) is 0 Å². The Morgan fingerprint density at radius 1 is 1.56 bits per heavy atom. The molecule has 0 saturated heterocycles. The molecule has 2 heterocycles. The van der Waals surface area contributed by atoms with Crippen LogP contribution in [0.4, 0.5) is 5.69 Å². The number of aryl methyl sites for hydroxylation is 1. The van der Waals surface area contributed by atoms with Crippen LogP contribution in [0.1, 0.15) is 21.5 Å². The lowest BCUT2D eigenvalue weighted by Gasteiger charge is -1.97. The number of aromatic nitrogens is 2. The third kappa shape index (κ3) is 2.62. The quantitative estimate of drug-likeness (QED) is 0.472. The van der Waals surface area contributed by atoms with E-state index >= 15 is 0 Å². The third-order valence-electron chi connectivity index (χ3n) is 2.42. The summed E-state index contributed by atoms with van der Waals surface area (Å²) in [5.74, 6) is -0.0855. The Bertz CT molecular complexity index is 588. The van der Waals surface area contributed by atoms with Crippen molar-refractivity contribution in [2.24, 2.45) is 0 Å². The fourth-order valence-electron chi connectivity index (χ4n) is 1.48. The first-order valence-electron chi connectivity index (χ1n) is 5.39. The maximum absolute atomic E-state index is 11.9. The minimum absolute atomic E-state index is 0.0253. The van der Waals surface area contributed by atoms with Crippen LogP contribution in [0, 0.1) is 10.1 Å². The average molecular weight is 265 g/mol. The van der Waals surface area contributed by atoms with Crippen LogP contribution >= 0.6 is 11.3 Å². The minimum atomic E-state index is -0.533. The summed E-state index contributed by atoms with van der Waals surface area (Å²) in [5.41, 5.74) is -0.108. The normalized spacial score (nSPS) is 10.5. The van der Waals surface area contributed by atoms with Crippen molar-refractivity contribution in [3.63, 3.8) is 0 Å². The fourth-order valence-corrected chi connectivity index (χ4v) is 2.35. The van der Waals surface area contributed by atoms with Crippen LogP contribution in [0.25, 0.3) is 0 Å². The molecule has 0 bridgehead atoms. The number of carbonyl (C=O) groups excluding carboxylic acids is 1. The van der Waals surface area contributed by atoms with Crippen molar-refractivity contribution in [1.82, 2.24) is 9.78 Å². The molecule has 0 atom stereocenters. The van der Waals surface area contributed by atoms with Crippen LogP contribution in [0.3, 0.4) is 0 Å². The monoisotopic (exact) mass is 265 g/mol. The maximum Gasteiger partial charge on any atom is 0.307 e. The summed E-state index contributed by atoms with van der Waals surface area (Å²) in [6, 6.07) is 3.70. The van der Waals surface area contributed by atoms with Crippen LogP contribution in [0.15, 0.2) is 24.5 Å². The second kappa shape index (κ2) is 5.09. The molecular formula is C11H11N3O3S. The smallest absolute Gasteiger partial charge is 0.291 e. The number of nitrogens with zero attached hydrogens (tertiary/aromatic N) is 3. The van der Waals surface area contributed by atoms with Gasteiger partial charge < -0.3 is 0 Å². The van der Waals surface area contributed by atoms with E-state index in [-0.39, 0.29) is 18.0 Å². The molecule has 18 heavy (non-hydrogen) atoms. The summed E-state index contributed by atoms with van der Waals surface area (Å²) in [4.78, 5) is 23.7. The second-order valence-electron chi connectivity index (χ2n) is 3.70. The molecule has 7 heteroatoms. The Hall–Kier alpha value is -2.02. The van der Waals surface area contributed by atoms with E-state index in [9.17, 15) is 14.9 Å². The maximum atomic E-state index is 11.9. The van der Waals surface area contributed by atoms with Crippen molar-refractivity contribution in [1.29, 1.82) is 0 Å². The van der Waals surface area contributed by atoms with Gasteiger partial charge >= 0.3 is 5.69 Å². The lowest BCUT2D eigenvalue weighted by molar-refractivity contribution is -0.385. The van der Waals surface area contributed by atoms with E-state index in [0.717, 1.165) is 17.5 Å². The van der Waals surface area contributed by atoms with E-state index in [1.807, 2.05) is 13.0 Å². The average Bonchev–Trinajstić information content (AvgIpc) is 2.96. The van der Waals surface area contributed by atoms with Gasteiger partial charge in [-0.2, -0.15) is 5.10 Å². The van der Waals surface area contributed by atoms with E-state index in [4.69, 9.17) is 0 Å². The van der Waals surface area contributed by atoms with Crippen molar-refractivity contribution in [3.8, 4) is 0 Å². The third-order valence-corrected chi connectivity index (χ3v) is 3.69. The van der Waals surface area contributed by atoms with Gasteiger partial charge in [-0.15, -0.1) is 11.3 Å². The molecule has 0 spiro atoms. The van der Waals surface area contributed by atoms with Gasteiger partial charge in [0.15, 0.2) is 5.78 Å². The zero-order valence-electron chi connectivity index (χ0n) is 9.70. The molecule has 0 aliphatic heterocycles. The molecule has 0 fully saturated rings. The predicted molar refractivity (Wildman–Crippen MR) is 66.9 cm³/mol. The standard InChI is InChI=1S/C11H11N3O3S/c1-2-9-3-4-11(18-9)10(15)7-13-6-8(5-12-13)14(16)17/h3-6H,2,7H2,1H3. The Morgan fingerprint density at radius 3 is 2.89 bits per heavy atom. The zero-order chi connectivity index (χ0) is 13.1. The van der Waals surface area contributed by atoms with Gasteiger partial charge in [-0.25, -0.2) is 0 Å². The van der Waals surface area contributed by atoms with Crippen LogP contribution in [0.5, 0.6) is 0 Å². The van der Waals surface area contributed by atoms with E-state index < -0.39 is 4.92 Å². The molecule has 0 aliphatic rings. The highest BCUT2D eigenvalue weighted by Crippen LogP contribution is 2.18. The summed E-state index contributed by atoms with van der Waals surface area (Å²) in [5, 5.41) is 14.3. The van der Waals surface area contributed by atoms with Gasteiger partial charge in [0.2, 0.25) is 0 Å². The highest BCUT2D eigenvalue weighted by atomic mass is 32.1. The summed E-state index contributed by atoms with van der Waals surface area (Å²) in [6.07, 6.45) is 3.29. The number of ketones is 1. The number of nitro groups is 1. The number of Topliss-reactive ketones (excluding diaryl/α,β-unsaturated/α-hetero) is 1. The molecule has 0 radical (unpaired) electrons. The topological polar surface area (TPSA) is 78.0 Å². The van der Waals surface area contributed by atoms with E-state index in [1.165, 1.54) is 22.2 Å². The Kier molecular flexibility index (Phi) is 3.52. The largest absolute Gasteiger partial charge is 0.307 e.